The lowest BCUT2D eigenvalue weighted by Gasteiger charge is -1.89. The summed E-state index contributed by atoms with van der Waals surface area (Å²) in [5, 5.41) is 3.49. The molecule has 0 bridgehead atoms. The van der Waals surface area contributed by atoms with Gasteiger partial charge in [0.2, 0.25) is 0 Å². The van der Waals surface area contributed by atoms with E-state index >= 15 is 0 Å². The first-order chi connectivity index (χ1) is 4.22. The molecule has 0 heterocycles. The van der Waals surface area contributed by atoms with Crippen molar-refractivity contribution in [2.45, 2.75) is 0 Å². The fraction of sp³-hybridized carbons (Fsp3) is 0. The van der Waals surface area contributed by atoms with Crippen LogP contribution in [0.2, 0.25) is 0 Å². The lowest BCUT2D eigenvalue weighted by atomic mass is 10.5. The molecule has 0 saturated carbocycles. The van der Waals surface area contributed by atoms with Gasteiger partial charge in [-0.3, -0.25) is 0 Å². The van der Waals surface area contributed by atoms with Gasteiger partial charge in [-0.1, -0.05) is 12.7 Å². The minimum absolute atomic E-state index is 0.799. The summed E-state index contributed by atoms with van der Waals surface area (Å²) in [5.41, 5.74) is 0. The number of rotatable bonds is 2. The molecule has 0 aliphatic rings. The summed E-state index contributed by atoms with van der Waals surface area (Å²) in [6.45, 7) is 3.54. The summed E-state index contributed by atoms with van der Waals surface area (Å²) in [4.78, 5) is 0. The van der Waals surface area contributed by atoms with Gasteiger partial charge in [-0.15, -0.1) is 0 Å². The summed E-state index contributed by atoms with van der Waals surface area (Å²) in [6.07, 6.45) is 3.55. The van der Waals surface area contributed by atoms with Crippen molar-refractivity contribution in [2.75, 3.05) is 0 Å². The maximum Gasteiger partial charge on any atom is 0.134 e. The van der Waals surface area contributed by atoms with Crippen molar-refractivity contribution in [3.63, 3.8) is 0 Å². The van der Waals surface area contributed by atoms with Gasteiger partial charge >= 0.3 is 0 Å². The Hall–Kier alpha value is 0.410. The normalized spacial score (nSPS) is 13.6. The Morgan fingerprint density at radius 1 is 1.56 bits per heavy atom. The zero-order valence-corrected chi connectivity index (χ0v) is 8.96. The van der Waals surface area contributed by atoms with Gasteiger partial charge < -0.3 is 5.84 Å². The lowest BCUT2D eigenvalue weighted by Crippen LogP contribution is -1.90. The second kappa shape index (κ2) is 5.21. The van der Waals surface area contributed by atoms with Crippen LogP contribution in [0.15, 0.2) is 27.4 Å². The van der Waals surface area contributed by atoms with Crippen LogP contribution in [0.1, 0.15) is 0 Å². The number of halogens is 2. The van der Waals surface area contributed by atoms with E-state index in [4.69, 9.17) is 5.84 Å². The zero-order chi connectivity index (χ0) is 7.28. The van der Waals surface area contributed by atoms with Crippen LogP contribution in [0.3, 0.4) is 0 Å². The van der Waals surface area contributed by atoms with E-state index < -0.39 is 0 Å². The third-order valence-electron chi connectivity index (χ3n) is 0.575. The molecular weight excluding hydrogens is 342 g/mol. The highest BCUT2D eigenvalue weighted by molar-refractivity contribution is 14.1. The Balaban J connectivity index is 4.19. The molecule has 0 aliphatic heterocycles. The topological polar surface area (TPSA) is 38.4 Å². The van der Waals surface area contributed by atoms with Crippen molar-refractivity contribution < 1.29 is 0 Å². The van der Waals surface area contributed by atoms with E-state index in [-0.39, 0.29) is 0 Å². The van der Waals surface area contributed by atoms with E-state index in [1.54, 1.807) is 6.08 Å². The number of nitrogens with two attached hydrogens (primary N) is 1. The SMILES string of the molecule is C=C/C=C(I)\C(I)=N/N. The van der Waals surface area contributed by atoms with Crippen molar-refractivity contribution in [3.05, 3.63) is 22.3 Å². The first-order valence-electron chi connectivity index (χ1n) is 2.14. The first kappa shape index (κ1) is 9.41. The van der Waals surface area contributed by atoms with Crippen molar-refractivity contribution in [2.24, 2.45) is 10.9 Å². The lowest BCUT2D eigenvalue weighted by molar-refractivity contribution is 1.27. The molecule has 0 unspecified atom stereocenters. The molecule has 0 aromatic rings. The average molecular weight is 348 g/mol. The van der Waals surface area contributed by atoms with E-state index in [9.17, 15) is 0 Å². The molecule has 2 nitrogen and oxygen atoms in total. The molecule has 0 amide bonds. The Morgan fingerprint density at radius 2 is 2.11 bits per heavy atom. The van der Waals surface area contributed by atoms with Crippen molar-refractivity contribution in [1.82, 2.24) is 0 Å². The van der Waals surface area contributed by atoms with Gasteiger partial charge in [-0.2, -0.15) is 5.10 Å². The van der Waals surface area contributed by atoms with E-state index in [1.807, 2.05) is 6.08 Å². The van der Waals surface area contributed by atoms with Crippen molar-refractivity contribution >= 4 is 48.9 Å². The van der Waals surface area contributed by atoms with Crippen molar-refractivity contribution in [3.8, 4) is 0 Å². The summed E-state index contributed by atoms with van der Waals surface area (Å²) in [5.74, 6) is 5.00. The van der Waals surface area contributed by atoms with Gasteiger partial charge in [0.25, 0.3) is 0 Å². The molecule has 0 spiro atoms. The van der Waals surface area contributed by atoms with Crippen LogP contribution in [0.5, 0.6) is 0 Å². The Kier molecular flexibility index (Phi) is 5.45. The highest BCUT2D eigenvalue weighted by Gasteiger charge is 1.93. The molecular formula is C5H6I2N2. The molecule has 0 radical (unpaired) electrons. The first-order valence-corrected chi connectivity index (χ1v) is 4.30. The van der Waals surface area contributed by atoms with Crippen LogP contribution < -0.4 is 5.84 Å². The Morgan fingerprint density at radius 3 is 2.44 bits per heavy atom. The predicted molar refractivity (Wildman–Crippen MR) is 57.9 cm³/mol. The minimum Gasteiger partial charge on any atom is -0.322 e. The second-order valence-electron chi connectivity index (χ2n) is 1.17. The minimum atomic E-state index is 0.799. The number of allylic oxidation sites excluding steroid dienone is 3. The maximum atomic E-state index is 5.00. The molecule has 0 aromatic heterocycles. The maximum absolute atomic E-state index is 5.00. The quantitative estimate of drug-likeness (QED) is 0.269. The van der Waals surface area contributed by atoms with Gasteiger partial charge in [-0.05, 0) is 51.3 Å². The molecule has 0 rings (SSSR count). The number of nitrogens with zero attached hydrogens (tertiary/aromatic N) is 1. The molecule has 2 N–H and O–H groups in total. The van der Waals surface area contributed by atoms with E-state index in [0.29, 0.717) is 0 Å². The fourth-order valence-electron chi connectivity index (χ4n) is 0.234. The monoisotopic (exact) mass is 348 g/mol. The third kappa shape index (κ3) is 3.90. The molecule has 0 fully saturated rings. The van der Waals surface area contributed by atoms with Crippen LogP contribution in [0.25, 0.3) is 0 Å². The van der Waals surface area contributed by atoms with Crippen LogP contribution in [-0.4, -0.2) is 3.72 Å². The Bertz CT molecular complexity index is 160. The van der Waals surface area contributed by atoms with Crippen LogP contribution in [0, 0.1) is 0 Å². The predicted octanol–water partition coefficient (Wildman–Crippen LogP) is 2.20. The highest BCUT2D eigenvalue weighted by atomic mass is 127. The van der Waals surface area contributed by atoms with Crippen LogP contribution in [-0.2, 0) is 0 Å². The highest BCUT2D eigenvalue weighted by Crippen LogP contribution is 2.12. The summed E-state index contributed by atoms with van der Waals surface area (Å²) in [7, 11) is 0. The molecule has 0 atom stereocenters. The number of hydrogen-bond acceptors (Lipinski definition) is 2. The van der Waals surface area contributed by atoms with E-state index in [2.05, 4.69) is 56.9 Å². The van der Waals surface area contributed by atoms with E-state index in [1.165, 1.54) is 0 Å². The smallest absolute Gasteiger partial charge is 0.134 e. The zero-order valence-electron chi connectivity index (χ0n) is 4.64. The largest absolute Gasteiger partial charge is 0.322 e. The molecule has 0 aromatic carbocycles. The van der Waals surface area contributed by atoms with Gasteiger partial charge in [0, 0.05) is 3.58 Å². The van der Waals surface area contributed by atoms with Gasteiger partial charge in [-0.25, -0.2) is 0 Å². The number of hydrazone groups is 1. The van der Waals surface area contributed by atoms with Gasteiger partial charge in [0.15, 0.2) is 0 Å². The molecule has 0 saturated heterocycles. The Labute approximate surface area is 81.5 Å². The molecule has 9 heavy (non-hydrogen) atoms. The second-order valence-corrected chi connectivity index (χ2v) is 3.35. The fourth-order valence-corrected chi connectivity index (χ4v) is 0.807. The van der Waals surface area contributed by atoms with Crippen LogP contribution in [0.4, 0.5) is 0 Å². The summed E-state index contributed by atoms with van der Waals surface area (Å²) in [6, 6.07) is 0. The standard InChI is InChI=1S/C5H6I2N2/c1-2-3-4(6)5(7)9-8/h2-3H,1,8H2/b4-3+,9-5+. The van der Waals surface area contributed by atoms with Gasteiger partial charge in [0.1, 0.15) is 3.72 Å². The van der Waals surface area contributed by atoms with Gasteiger partial charge in [0.05, 0.1) is 0 Å². The third-order valence-corrected chi connectivity index (χ3v) is 3.34. The van der Waals surface area contributed by atoms with Crippen molar-refractivity contribution in [1.29, 1.82) is 0 Å². The molecule has 4 heteroatoms. The molecule has 50 valence electrons. The van der Waals surface area contributed by atoms with Crippen LogP contribution >= 0.6 is 45.2 Å². The summed E-state index contributed by atoms with van der Waals surface area (Å²) >= 11 is 4.20. The number of hydrogen-bond donors (Lipinski definition) is 1. The molecule has 0 aliphatic carbocycles. The summed E-state index contributed by atoms with van der Waals surface area (Å²) < 4.78 is 1.80. The van der Waals surface area contributed by atoms with E-state index in [0.717, 1.165) is 7.30 Å². The average Bonchev–Trinajstić information content (AvgIpc) is 1.87.